The van der Waals surface area contributed by atoms with Gasteiger partial charge in [0.25, 0.3) is 0 Å². The maximum absolute atomic E-state index is 4.50. The third-order valence-electron chi connectivity index (χ3n) is 3.08. The number of rotatable bonds is 6. The lowest BCUT2D eigenvalue weighted by molar-refractivity contribution is 0.443. The lowest BCUT2D eigenvalue weighted by Gasteiger charge is -2.23. The molecule has 90 valence electrons. The molecule has 0 aliphatic heterocycles. The molecule has 1 heterocycles. The van der Waals surface area contributed by atoms with Gasteiger partial charge in [-0.1, -0.05) is 13.8 Å². The van der Waals surface area contributed by atoms with E-state index in [-0.39, 0.29) is 0 Å². The van der Waals surface area contributed by atoms with Crippen LogP contribution >= 0.6 is 0 Å². The fraction of sp³-hybridized carbons (Fsp3) is 0.643. The van der Waals surface area contributed by atoms with Crippen molar-refractivity contribution in [2.24, 2.45) is 0 Å². The van der Waals surface area contributed by atoms with Crippen molar-refractivity contribution in [2.75, 3.05) is 6.54 Å². The summed E-state index contributed by atoms with van der Waals surface area (Å²) in [5.74, 6) is 0.520. The van der Waals surface area contributed by atoms with Crippen LogP contribution in [-0.2, 0) is 0 Å². The van der Waals surface area contributed by atoms with Gasteiger partial charge in [0.1, 0.15) is 0 Å². The van der Waals surface area contributed by atoms with E-state index in [0.717, 1.165) is 13.0 Å². The Labute approximate surface area is 99.5 Å². The van der Waals surface area contributed by atoms with E-state index in [4.69, 9.17) is 0 Å². The summed E-state index contributed by atoms with van der Waals surface area (Å²) in [5.41, 5.74) is 2.52. The van der Waals surface area contributed by atoms with E-state index in [1.54, 1.807) is 0 Å². The molecule has 0 saturated carbocycles. The van der Waals surface area contributed by atoms with E-state index in [1.165, 1.54) is 17.7 Å². The van der Waals surface area contributed by atoms with E-state index in [9.17, 15) is 0 Å². The summed E-state index contributed by atoms with van der Waals surface area (Å²) in [4.78, 5) is 4.50. The van der Waals surface area contributed by atoms with Crippen LogP contribution in [0.5, 0.6) is 0 Å². The first-order valence-electron chi connectivity index (χ1n) is 6.35. The SMILES string of the molecule is CCCNC(C)C(CC)c1cc(C)ccn1. The Hall–Kier alpha value is -0.890. The van der Waals surface area contributed by atoms with Crippen LogP contribution in [0, 0.1) is 6.92 Å². The second-order valence-corrected chi connectivity index (χ2v) is 4.52. The maximum atomic E-state index is 4.50. The highest BCUT2D eigenvalue weighted by molar-refractivity contribution is 5.18. The minimum absolute atomic E-state index is 0.499. The molecule has 2 nitrogen and oxygen atoms in total. The average Bonchev–Trinajstić information content (AvgIpc) is 2.27. The zero-order valence-electron chi connectivity index (χ0n) is 11.0. The van der Waals surface area contributed by atoms with E-state index in [1.807, 2.05) is 6.20 Å². The van der Waals surface area contributed by atoms with Crippen LogP contribution in [0.4, 0.5) is 0 Å². The van der Waals surface area contributed by atoms with Gasteiger partial charge in [0.15, 0.2) is 0 Å². The van der Waals surface area contributed by atoms with Gasteiger partial charge < -0.3 is 5.32 Å². The van der Waals surface area contributed by atoms with Crippen molar-refractivity contribution < 1.29 is 0 Å². The predicted octanol–water partition coefficient (Wildman–Crippen LogP) is 3.27. The summed E-state index contributed by atoms with van der Waals surface area (Å²) in [6, 6.07) is 4.76. The maximum Gasteiger partial charge on any atom is 0.0452 e. The fourth-order valence-corrected chi connectivity index (χ4v) is 2.10. The quantitative estimate of drug-likeness (QED) is 0.796. The molecule has 0 aliphatic rings. The Balaban J connectivity index is 2.73. The molecule has 0 fully saturated rings. The number of aryl methyl sites for hydroxylation is 1. The van der Waals surface area contributed by atoms with Crippen LogP contribution < -0.4 is 5.32 Å². The summed E-state index contributed by atoms with van der Waals surface area (Å²) in [5, 5.41) is 3.56. The molecule has 2 heteroatoms. The molecule has 1 aromatic rings. The van der Waals surface area contributed by atoms with Crippen molar-refractivity contribution in [2.45, 2.75) is 52.5 Å². The standard InChI is InChI=1S/C14H24N2/c1-5-8-15-12(4)13(6-2)14-10-11(3)7-9-16-14/h7,9-10,12-13,15H,5-6,8H2,1-4H3. The van der Waals surface area contributed by atoms with Crippen LogP contribution in [0.25, 0.3) is 0 Å². The second kappa shape index (κ2) is 6.64. The van der Waals surface area contributed by atoms with E-state index < -0.39 is 0 Å². The third kappa shape index (κ3) is 3.60. The van der Waals surface area contributed by atoms with Crippen LogP contribution in [-0.4, -0.2) is 17.6 Å². The average molecular weight is 220 g/mol. The first-order valence-corrected chi connectivity index (χ1v) is 6.35. The van der Waals surface area contributed by atoms with Crippen molar-refractivity contribution in [3.8, 4) is 0 Å². The van der Waals surface area contributed by atoms with Crippen molar-refractivity contribution >= 4 is 0 Å². The Kier molecular flexibility index (Phi) is 5.47. The molecule has 1 N–H and O–H groups in total. The Morgan fingerprint density at radius 3 is 2.69 bits per heavy atom. The zero-order chi connectivity index (χ0) is 12.0. The van der Waals surface area contributed by atoms with Gasteiger partial charge in [-0.15, -0.1) is 0 Å². The molecular formula is C14H24N2. The van der Waals surface area contributed by atoms with Crippen LogP contribution in [0.1, 0.15) is 50.8 Å². The normalized spacial score (nSPS) is 14.8. The van der Waals surface area contributed by atoms with Crippen molar-refractivity contribution in [1.29, 1.82) is 0 Å². The van der Waals surface area contributed by atoms with Crippen molar-refractivity contribution in [3.05, 3.63) is 29.6 Å². The topological polar surface area (TPSA) is 24.9 Å². The Morgan fingerprint density at radius 1 is 1.38 bits per heavy atom. The zero-order valence-corrected chi connectivity index (χ0v) is 11.0. The van der Waals surface area contributed by atoms with E-state index >= 15 is 0 Å². The molecule has 0 radical (unpaired) electrons. The molecule has 16 heavy (non-hydrogen) atoms. The number of nitrogens with one attached hydrogen (secondary N) is 1. The molecule has 0 aliphatic carbocycles. The Morgan fingerprint density at radius 2 is 2.12 bits per heavy atom. The number of nitrogens with zero attached hydrogens (tertiary/aromatic N) is 1. The van der Waals surface area contributed by atoms with Gasteiger partial charge in [-0.2, -0.15) is 0 Å². The van der Waals surface area contributed by atoms with Crippen LogP contribution in [0.15, 0.2) is 18.3 Å². The van der Waals surface area contributed by atoms with E-state index in [0.29, 0.717) is 12.0 Å². The summed E-state index contributed by atoms with van der Waals surface area (Å²) in [6.07, 6.45) is 4.23. The first kappa shape index (κ1) is 13.2. The van der Waals surface area contributed by atoms with E-state index in [2.05, 4.69) is 50.1 Å². The molecule has 0 bridgehead atoms. The van der Waals surface area contributed by atoms with Gasteiger partial charge in [-0.25, -0.2) is 0 Å². The van der Waals surface area contributed by atoms with Gasteiger partial charge in [-0.05, 0) is 50.9 Å². The summed E-state index contributed by atoms with van der Waals surface area (Å²) in [7, 11) is 0. The lowest BCUT2D eigenvalue weighted by Crippen LogP contribution is -2.32. The first-order chi connectivity index (χ1) is 7.69. The molecule has 1 rings (SSSR count). The number of aromatic nitrogens is 1. The van der Waals surface area contributed by atoms with Gasteiger partial charge in [0.2, 0.25) is 0 Å². The number of hydrogen-bond acceptors (Lipinski definition) is 2. The summed E-state index contributed by atoms with van der Waals surface area (Å²) in [6.45, 7) is 9.91. The molecule has 2 unspecified atom stereocenters. The molecule has 0 spiro atoms. The summed E-state index contributed by atoms with van der Waals surface area (Å²) >= 11 is 0. The molecule has 0 saturated heterocycles. The highest BCUT2D eigenvalue weighted by Crippen LogP contribution is 2.22. The highest BCUT2D eigenvalue weighted by atomic mass is 14.9. The van der Waals surface area contributed by atoms with Crippen molar-refractivity contribution in [3.63, 3.8) is 0 Å². The lowest BCUT2D eigenvalue weighted by atomic mass is 9.93. The molecule has 0 aromatic carbocycles. The largest absolute Gasteiger partial charge is 0.314 e. The number of hydrogen-bond donors (Lipinski definition) is 1. The van der Waals surface area contributed by atoms with Gasteiger partial charge in [0, 0.05) is 23.9 Å². The smallest absolute Gasteiger partial charge is 0.0452 e. The number of pyridine rings is 1. The van der Waals surface area contributed by atoms with Gasteiger partial charge >= 0.3 is 0 Å². The van der Waals surface area contributed by atoms with Crippen LogP contribution in [0.2, 0.25) is 0 Å². The highest BCUT2D eigenvalue weighted by Gasteiger charge is 2.17. The second-order valence-electron chi connectivity index (χ2n) is 4.52. The molecule has 1 aromatic heterocycles. The molecule has 0 amide bonds. The predicted molar refractivity (Wildman–Crippen MR) is 69.8 cm³/mol. The van der Waals surface area contributed by atoms with Crippen molar-refractivity contribution in [1.82, 2.24) is 10.3 Å². The third-order valence-corrected chi connectivity index (χ3v) is 3.08. The summed E-state index contributed by atoms with van der Waals surface area (Å²) < 4.78 is 0. The molecular weight excluding hydrogens is 196 g/mol. The van der Waals surface area contributed by atoms with Gasteiger partial charge in [-0.3, -0.25) is 4.98 Å². The minimum atomic E-state index is 0.499. The van der Waals surface area contributed by atoms with Crippen LogP contribution in [0.3, 0.4) is 0 Å². The van der Waals surface area contributed by atoms with Gasteiger partial charge in [0.05, 0.1) is 0 Å². The monoisotopic (exact) mass is 220 g/mol. The molecule has 2 atom stereocenters. The Bertz CT molecular complexity index is 309. The minimum Gasteiger partial charge on any atom is -0.314 e. The fourth-order valence-electron chi connectivity index (χ4n) is 2.10.